The Morgan fingerprint density at radius 2 is 1.86 bits per heavy atom. The fourth-order valence-corrected chi connectivity index (χ4v) is 4.04. The number of rotatable bonds is 3. The molecule has 5 rings (SSSR count). The van der Waals surface area contributed by atoms with Crippen LogP contribution in [0.2, 0.25) is 0 Å². The van der Waals surface area contributed by atoms with Crippen molar-refractivity contribution < 1.29 is 17.1 Å². The molecule has 2 N–H and O–H groups in total. The van der Waals surface area contributed by atoms with Gasteiger partial charge in [0.2, 0.25) is 12.7 Å². The third-order valence-electron chi connectivity index (χ3n) is 6.13. The standard InChI is InChI=1S/C24H26N2O3.2H2/c1-14-9-18-15(11-21(25-18)23(2,3)4)10-17(14)26-22(27)24(7-8-24)16-5-6-19-20(12-16)29-13-28-19;;/h5-6,9-12,25H,7-8,13H2,1-4H3,(H,26,27);2*1H. The number of fused-ring (bicyclic) bond motifs is 2. The molecule has 29 heavy (non-hydrogen) atoms. The lowest BCUT2D eigenvalue weighted by Gasteiger charge is -2.17. The summed E-state index contributed by atoms with van der Waals surface area (Å²) in [5, 5.41) is 4.31. The van der Waals surface area contributed by atoms with Gasteiger partial charge < -0.3 is 19.8 Å². The lowest BCUT2D eigenvalue weighted by Crippen LogP contribution is -2.28. The monoisotopic (exact) mass is 394 g/mol. The van der Waals surface area contributed by atoms with Crippen LogP contribution in [0.4, 0.5) is 5.69 Å². The molecular weight excluding hydrogens is 364 g/mol. The highest BCUT2D eigenvalue weighted by Gasteiger charge is 2.51. The van der Waals surface area contributed by atoms with Crippen molar-refractivity contribution in [3.05, 3.63) is 53.2 Å². The van der Waals surface area contributed by atoms with Crippen molar-refractivity contribution in [1.29, 1.82) is 0 Å². The van der Waals surface area contributed by atoms with E-state index < -0.39 is 5.41 Å². The number of carbonyl (C=O) groups excluding carboxylic acids is 1. The molecule has 1 amide bonds. The molecule has 0 unspecified atom stereocenters. The number of aromatic nitrogens is 1. The van der Waals surface area contributed by atoms with Gasteiger partial charge in [0.05, 0.1) is 5.41 Å². The number of benzene rings is 2. The van der Waals surface area contributed by atoms with Crippen molar-refractivity contribution in [3.8, 4) is 11.5 Å². The molecule has 2 aliphatic rings. The Bertz CT molecular complexity index is 1140. The summed E-state index contributed by atoms with van der Waals surface area (Å²) in [5.74, 6) is 1.51. The van der Waals surface area contributed by atoms with Crippen LogP contribution in [-0.2, 0) is 15.6 Å². The molecule has 0 atom stereocenters. The second kappa shape index (κ2) is 6.02. The van der Waals surface area contributed by atoms with E-state index in [0.29, 0.717) is 0 Å². The summed E-state index contributed by atoms with van der Waals surface area (Å²) < 4.78 is 10.9. The topological polar surface area (TPSA) is 63.4 Å². The second-order valence-electron chi connectivity index (χ2n) is 9.29. The molecule has 0 saturated heterocycles. The minimum Gasteiger partial charge on any atom is -0.454 e. The fraction of sp³-hybridized carbons (Fsp3) is 0.375. The molecule has 2 aromatic carbocycles. The summed E-state index contributed by atoms with van der Waals surface area (Å²) in [4.78, 5) is 16.8. The van der Waals surface area contributed by atoms with Gasteiger partial charge in [0, 0.05) is 30.6 Å². The predicted octanol–water partition coefficient (Wildman–Crippen LogP) is 5.66. The molecule has 0 radical (unpaired) electrons. The molecule has 1 aliphatic carbocycles. The third-order valence-corrected chi connectivity index (χ3v) is 6.13. The Morgan fingerprint density at radius 1 is 1.10 bits per heavy atom. The third kappa shape index (κ3) is 2.96. The van der Waals surface area contributed by atoms with E-state index in [1.807, 2.05) is 25.1 Å². The maximum absolute atomic E-state index is 13.3. The van der Waals surface area contributed by atoms with E-state index in [2.05, 4.69) is 49.3 Å². The Kier molecular flexibility index (Phi) is 3.76. The van der Waals surface area contributed by atoms with Crippen LogP contribution < -0.4 is 14.8 Å². The summed E-state index contributed by atoms with van der Waals surface area (Å²) >= 11 is 0. The SMILES string of the molecule is Cc1cc2[nH]c(C(C)(C)C)cc2cc1NC(=O)C1(c2ccc3c(c2)OCO3)CC1.[HH].[HH]. The number of carbonyl (C=O) groups is 1. The number of H-pyrrole nitrogens is 1. The number of hydrogen-bond donors (Lipinski definition) is 2. The largest absolute Gasteiger partial charge is 0.454 e. The van der Waals surface area contributed by atoms with Crippen LogP contribution in [0.25, 0.3) is 10.9 Å². The van der Waals surface area contributed by atoms with Crippen LogP contribution in [-0.4, -0.2) is 17.7 Å². The minimum atomic E-state index is -0.475. The average molecular weight is 395 g/mol. The van der Waals surface area contributed by atoms with Gasteiger partial charge in [0.1, 0.15) is 0 Å². The first kappa shape index (κ1) is 18.1. The van der Waals surface area contributed by atoms with Gasteiger partial charge in [0.25, 0.3) is 0 Å². The molecule has 0 bridgehead atoms. The van der Waals surface area contributed by atoms with E-state index in [9.17, 15) is 4.79 Å². The highest BCUT2D eigenvalue weighted by molar-refractivity contribution is 6.03. The smallest absolute Gasteiger partial charge is 0.235 e. The number of aromatic amines is 1. The van der Waals surface area contributed by atoms with Crippen LogP contribution in [0.15, 0.2) is 36.4 Å². The summed E-state index contributed by atoms with van der Waals surface area (Å²) in [5.41, 5.74) is 4.78. The zero-order chi connectivity index (χ0) is 20.4. The normalized spacial score (nSPS) is 16.8. The van der Waals surface area contributed by atoms with Crippen LogP contribution in [0, 0.1) is 6.92 Å². The maximum Gasteiger partial charge on any atom is 0.235 e. The van der Waals surface area contributed by atoms with Crippen molar-refractivity contribution >= 4 is 22.5 Å². The zero-order valence-corrected chi connectivity index (χ0v) is 17.3. The summed E-state index contributed by atoms with van der Waals surface area (Å²) in [6.07, 6.45) is 1.69. The first-order chi connectivity index (χ1) is 13.8. The molecule has 1 aromatic heterocycles. The molecule has 1 fully saturated rings. The number of amides is 1. The Morgan fingerprint density at radius 3 is 2.59 bits per heavy atom. The van der Waals surface area contributed by atoms with Crippen molar-refractivity contribution in [1.82, 2.24) is 4.98 Å². The lowest BCUT2D eigenvalue weighted by molar-refractivity contribution is -0.118. The second-order valence-corrected chi connectivity index (χ2v) is 9.29. The summed E-state index contributed by atoms with van der Waals surface area (Å²) in [7, 11) is 0. The number of ether oxygens (including phenoxy) is 2. The molecule has 0 spiro atoms. The highest BCUT2D eigenvalue weighted by atomic mass is 16.7. The molecular formula is C24H30N2O3. The molecule has 1 aliphatic heterocycles. The van der Waals surface area contributed by atoms with E-state index in [1.54, 1.807) is 0 Å². The maximum atomic E-state index is 13.3. The zero-order valence-electron chi connectivity index (χ0n) is 17.3. The predicted molar refractivity (Wildman–Crippen MR) is 118 cm³/mol. The highest BCUT2D eigenvalue weighted by Crippen LogP contribution is 2.51. The number of anilines is 1. The molecule has 5 nitrogen and oxygen atoms in total. The van der Waals surface area contributed by atoms with Crippen molar-refractivity contribution in [2.45, 2.75) is 51.4 Å². The van der Waals surface area contributed by atoms with Crippen molar-refractivity contribution in [2.75, 3.05) is 12.1 Å². The Balaban J connectivity index is 0.00000136. The first-order valence-electron chi connectivity index (χ1n) is 10.1. The molecule has 154 valence electrons. The van der Waals surface area contributed by atoms with Crippen LogP contribution in [0.3, 0.4) is 0 Å². The van der Waals surface area contributed by atoms with E-state index in [-0.39, 0.29) is 21.0 Å². The van der Waals surface area contributed by atoms with E-state index in [1.165, 1.54) is 5.69 Å². The Labute approximate surface area is 173 Å². The molecule has 1 saturated carbocycles. The fourth-order valence-electron chi connectivity index (χ4n) is 4.04. The van der Waals surface area contributed by atoms with Gasteiger partial charge in [-0.25, -0.2) is 0 Å². The van der Waals surface area contributed by atoms with Crippen LogP contribution in [0.5, 0.6) is 11.5 Å². The van der Waals surface area contributed by atoms with Gasteiger partial charge in [-0.05, 0) is 61.2 Å². The first-order valence-corrected chi connectivity index (χ1v) is 10.1. The van der Waals surface area contributed by atoms with E-state index in [0.717, 1.165) is 52.1 Å². The van der Waals surface area contributed by atoms with Crippen LogP contribution in [0.1, 0.15) is 53.3 Å². The van der Waals surface area contributed by atoms with Crippen molar-refractivity contribution in [3.63, 3.8) is 0 Å². The Hall–Kier alpha value is -2.95. The van der Waals surface area contributed by atoms with E-state index in [4.69, 9.17) is 9.47 Å². The minimum absolute atomic E-state index is 0. The average Bonchev–Trinajstić information content (AvgIpc) is 3.15. The number of aryl methyl sites for hydroxylation is 1. The summed E-state index contributed by atoms with van der Waals surface area (Å²) in [6, 6.07) is 12.2. The quantitative estimate of drug-likeness (QED) is 0.602. The molecule has 2 heterocycles. The number of nitrogens with one attached hydrogen (secondary N) is 2. The van der Waals surface area contributed by atoms with Gasteiger partial charge in [0.15, 0.2) is 11.5 Å². The van der Waals surface area contributed by atoms with Crippen LogP contribution >= 0.6 is 0 Å². The van der Waals surface area contributed by atoms with Crippen molar-refractivity contribution in [2.24, 2.45) is 0 Å². The molecule has 5 heteroatoms. The lowest BCUT2D eigenvalue weighted by atomic mass is 9.92. The van der Waals surface area contributed by atoms with Gasteiger partial charge in [-0.1, -0.05) is 26.8 Å². The van der Waals surface area contributed by atoms with Gasteiger partial charge >= 0.3 is 0 Å². The van der Waals surface area contributed by atoms with E-state index >= 15 is 0 Å². The van der Waals surface area contributed by atoms with Gasteiger partial charge in [-0.2, -0.15) is 0 Å². The summed E-state index contributed by atoms with van der Waals surface area (Å²) in [6.45, 7) is 8.84. The number of hydrogen-bond acceptors (Lipinski definition) is 3. The van der Waals surface area contributed by atoms with Gasteiger partial charge in [-0.15, -0.1) is 0 Å². The van der Waals surface area contributed by atoms with Gasteiger partial charge in [-0.3, -0.25) is 4.79 Å². The molecule has 3 aromatic rings.